The van der Waals surface area contributed by atoms with Gasteiger partial charge in [-0.2, -0.15) is 12.6 Å². The third kappa shape index (κ3) is 11.6. The molecule has 0 aromatic rings. The first-order chi connectivity index (χ1) is 10.3. The lowest BCUT2D eigenvalue weighted by molar-refractivity contribution is 0.298. The molecule has 0 rings (SSSR count). The Morgan fingerprint density at radius 3 is 1.95 bits per heavy atom. The van der Waals surface area contributed by atoms with Crippen LogP contribution in [0.5, 0.6) is 0 Å². The van der Waals surface area contributed by atoms with Crippen LogP contribution < -0.4 is 0 Å². The number of hydrogen-bond donors (Lipinski definition) is 1. The lowest BCUT2D eigenvalue weighted by Gasteiger charge is -2.27. The summed E-state index contributed by atoms with van der Waals surface area (Å²) in [7, 11) is 0. The van der Waals surface area contributed by atoms with Crippen molar-refractivity contribution < 1.29 is 0 Å². The number of allylic oxidation sites excluding steroid dienone is 1. The van der Waals surface area contributed by atoms with Gasteiger partial charge in [-0.3, -0.25) is 0 Å². The van der Waals surface area contributed by atoms with E-state index in [1.807, 2.05) is 0 Å². The summed E-state index contributed by atoms with van der Waals surface area (Å²) in [6.45, 7) is 14.3. The van der Waals surface area contributed by atoms with Gasteiger partial charge in [-0.05, 0) is 42.9 Å². The van der Waals surface area contributed by atoms with Gasteiger partial charge in [-0.25, -0.2) is 0 Å². The molecule has 132 valence electrons. The molecular formula is C21H42S. The Bertz CT molecular complexity index is 299. The molecule has 1 heteroatoms. The highest BCUT2D eigenvalue weighted by Gasteiger charge is 2.19. The Labute approximate surface area is 147 Å². The fourth-order valence-electron chi connectivity index (χ4n) is 3.20. The first-order valence-corrected chi connectivity index (χ1v) is 10.2. The number of unbranched alkanes of at least 4 members (excludes halogenated alkanes) is 3. The van der Waals surface area contributed by atoms with Crippen molar-refractivity contribution in [3.05, 3.63) is 11.6 Å². The maximum Gasteiger partial charge on any atom is 0.0113 e. The van der Waals surface area contributed by atoms with E-state index in [-0.39, 0.29) is 0 Å². The molecule has 0 aliphatic heterocycles. The van der Waals surface area contributed by atoms with Gasteiger partial charge >= 0.3 is 0 Å². The molecule has 0 unspecified atom stereocenters. The largest absolute Gasteiger partial charge is 0.175 e. The van der Waals surface area contributed by atoms with Gasteiger partial charge in [0, 0.05) is 5.75 Å². The summed E-state index contributed by atoms with van der Waals surface area (Å²) in [4.78, 5) is 0. The van der Waals surface area contributed by atoms with Crippen molar-refractivity contribution in [2.24, 2.45) is 10.8 Å². The fourth-order valence-corrected chi connectivity index (χ4v) is 3.44. The van der Waals surface area contributed by atoms with Gasteiger partial charge in [0.05, 0.1) is 0 Å². The molecule has 0 atom stereocenters. The molecule has 0 heterocycles. The monoisotopic (exact) mass is 326 g/mol. The van der Waals surface area contributed by atoms with Crippen molar-refractivity contribution in [1.82, 2.24) is 0 Å². The van der Waals surface area contributed by atoms with Crippen LogP contribution in [0.3, 0.4) is 0 Å². The minimum atomic E-state index is 0.432. The van der Waals surface area contributed by atoms with Crippen LogP contribution in [0.1, 0.15) is 106 Å². The summed E-state index contributed by atoms with van der Waals surface area (Å²) < 4.78 is 0. The van der Waals surface area contributed by atoms with E-state index >= 15 is 0 Å². The molecule has 0 aliphatic rings. The van der Waals surface area contributed by atoms with Gasteiger partial charge in [0.2, 0.25) is 0 Å². The van der Waals surface area contributed by atoms with E-state index in [4.69, 9.17) is 0 Å². The van der Waals surface area contributed by atoms with Crippen LogP contribution in [0, 0.1) is 10.8 Å². The van der Waals surface area contributed by atoms with Crippen LogP contribution in [0.2, 0.25) is 0 Å². The zero-order chi connectivity index (χ0) is 17.1. The number of thiol groups is 1. The van der Waals surface area contributed by atoms with Crippen LogP contribution >= 0.6 is 12.6 Å². The quantitative estimate of drug-likeness (QED) is 0.199. The van der Waals surface area contributed by atoms with Crippen molar-refractivity contribution in [2.75, 3.05) is 5.75 Å². The Hall–Kier alpha value is 0.0900. The molecule has 0 fully saturated rings. The Balaban J connectivity index is 4.32. The summed E-state index contributed by atoms with van der Waals surface area (Å²) in [5, 5.41) is 0. The second kappa shape index (κ2) is 11.6. The smallest absolute Gasteiger partial charge is 0.0113 e. The molecule has 0 radical (unpaired) electrons. The third-order valence-electron chi connectivity index (χ3n) is 4.83. The first kappa shape index (κ1) is 22.1. The van der Waals surface area contributed by atoms with Crippen LogP contribution in [0.25, 0.3) is 0 Å². The van der Waals surface area contributed by atoms with Gasteiger partial charge in [0.1, 0.15) is 0 Å². The average molecular weight is 327 g/mol. The van der Waals surface area contributed by atoms with Gasteiger partial charge in [-0.15, -0.1) is 0 Å². The SMILES string of the molecule is CCCCCC(C)(C)C/C(=C/CCC(C)(C)CCCC)CS. The highest BCUT2D eigenvalue weighted by molar-refractivity contribution is 7.80. The van der Waals surface area contributed by atoms with E-state index in [0.717, 1.165) is 5.75 Å². The highest BCUT2D eigenvalue weighted by atomic mass is 32.1. The lowest BCUT2D eigenvalue weighted by Crippen LogP contribution is -2.13. The third-order valence-corrected chi connectivity index (χ3v) is 5.23. The predicted molar refractivity (Wildman–Crippen MR) is 107 cm³/mol. The molecule has 0 spiro atoms. The Kier molecular flexibility index (Phi) is 11.6. The molecule has 0 amide bonds. The van der Waals surface area contributed by atoms with Gasteiger partial charge in [0.25, 0.3) is 0 Å². The zero-order valence-corrected chi connectivity index (χ0v) is 17.2. The molecule has 22 heavy (non-hydrogen) atoms. The minimum Gasteiger partial charge on any atom is -0.175 e. The van der Waals surface area contributed by atoms with E-state index in [9.17, 15) is 0 Å². The van der Waals surface area contributed by atoms with Crippen molar-refractivity contribution >= 4 is 12.6 Å². The van der Waals surface area contributed by atoms with Crippen LogP contribution in [0.15, 0.2) is 11.6 Å². The molecule has 0 aromatic heterocycles. The van der Waals surface area contributed by atoms with Crippen LogP contribution in [0.4, 0.5) is 0 Å². The summed E-state index contributed by atoms with van der Waals surface area (Å²) in [5.74, 6) is 0.923. The van der Waals surface area contributed by atoms with Gasteiger partial charge in [0.15, 0.2) is 0 Å². The topological polar surface area (TPSA) is 0 Å². The van der Waals surface area contributed by atoms with Gasteiger partial charge in [-0.1, -0.05) is 85.3 Å². The summed E-state index contributed by atoms with van der Waals surface area (Å²) in [5.41, 5.74) is 2.47. The molecule has 0 nitrogen and oxygen atoms in total. The maximum absolute atomic E-state index is 4.57. The standard InChI is InChI=1S/C21H42S/c1-7-9-11-15-21(5,6)17-19(18-22)13-12-16-20(3,4)14-10-8-2/h13,22H,7-12,14-18H2,1-6H3/b19-13-. The van der Waals surface area contributed by atoms with Crippen molar-refractivity contribution in [3.63, 3.8) is 0 Å². The second-order valence-electron chi connectivity index (χ2n) is 8.63. The zero-order valence-electron chi connectivity index (χ0n) is 16.3. The van der Waals surface area contributed by atoms with E-state index in [1.165, 1.54) is 64.2 Å². The van der Waals surface area contributed by atoms with Crippen LogP contribution in [-0.4, -0.2) is 5.75 Å². The highest BCUT2D eigenvalue weighted by Crippen LogP contribution is 2.33. The maximum atomic E-state index is 4.57. The van der Waals surface area contributed by atoms with E-state index in [2.05, 4.69) is 60.2 Å². The van der Waals surface area contributed by atoms with E-state index in [1.54, 1.807) is 5.57 Å². The van der Waals surface area contributed by atoms with Crippen LogP contribution in [-0.2, 0) is 0 Å². The van der Waals surface area contributed by atoms with E-state index < -0.39 is 0 Å². The predicted octanol–water partition coefficient (Wildman–Crippen LogP) is 7.84. The normalized spacial score (nSPS) is 13.7. The summed E-state index contributed by atoms with van der Waals surface area (Å²) in [6.07, 6.45) is 15.7. The van der Waals surface area contributed by atoms with Crippen molar-refractivity contribution in [1.29, 1.82) is 0 Å². The number of hydrogen-bond acceptors (Lipinski definition) is 1. The first-order valence-electron chi connectivity index (χ1n) is 9.55. The summed E-state index contributed by atoms with van der Waals surface area (Å²) >= 11 is 4.57. The molecule has 0 saturated carbocycles. The van der Waals surface area contributed by atoms with E-state index in [0.29, 0.717) is 10.8 Å². The fraction of sp³-hybridized carbons (Fsp3) is 0.905. The molecule has 0 N–H and O–H groups in total. The summed E-state index contributed by atoms with van der Waals surface area (Å²) in [6, 6.07) is 0. The molecule has 0 aromatic carbocycles. The Morgan fingerprint density at radius 1 is 0.818 bits per heavy atom. The minimum absolute atomic E-state index is 0.432. The molecular weight excluding hydrogens is 284 g/mol. The van der Waals surface area contributed by atoms with Crippen molar-refractivity contribution in [3.8, 4) is 0 Å². The molecule has 0 saturated heterocycles. The second-order valence-corrected chi connectivity index (χ2v) is 8.94. The average Bonchev–Trinajstić information content (AvgIpc) is 2.44. The molecule has 0 aliphatic carbocycles. The van der Waals surface area contributed by atoms with Gasteiger partial charge < -0.3 is 0 Å². The molecule has 0 bridgehead atoms. The lowest BCUT2D eigenvalue weighted by atomic mass is 9.80. The number of rotatable bonds is 13. The Morgan fingerprint density at radius 2 is 1.41 bits per heavy atom. The van der Waals surface area contributed by atoms with Crippen molar-refractivity contribution in [2.45, 2.75) is 106 Å².